The standard InChI is InChI=1S/C20H15N3S2/c24-20-23(17-13-7-8-14-18(17)25-20)19(15-9-3-1-4-10-15)22-21-16-11-5-2-6-12-16/h1-14,21H/b22-19-. The van der Waals surface area contributed by atoms with Crippen LogP contribution < -0.4 is 5.43 Å². The van der Waals surface area contributed by atoms with Crippen molar-refractivity contribution in [3.63, 3.8) is 0 Å². The van der Waals surface area contributed by atoms with Crippen LogP contribution in [-0.2, 0) is 0 Å². The molecule has 5 heteroatoms. The molecule has 0 saturated heterocycles. The highest BCUT2D eigenvalue weighted by Gasteiger charge is 2.12. The number of nitrogens with one attached hydrogen (secondary N) is 1. The van der Waals surface area contributed by atoms with Crippen molar-refractivity contribution < 1.29 is 0 Å². The summed E-state index contributed by atoms with van der Waals surface area (Å²) >= 11 is 7.23. The molecule has 0 saturated carbocycles. The first-order chi connectivity index (χ1) is 12.3. The van der Waals surface area contributed by atoms with Crippen molar-refractivity contribution in [3.8, 4) is 0 Å². The maximum absolute atomic E-state index is 5.63. The lowest BCUT2D eigenvalue weighted by molar-refractivity contribution is 1.16. The summed E-state index contributed by atoms with van der Waals surface area (Å²) in [6.07, 6.45) is 0. The van der Waals surface area contributed by atoms with Crippen molar-refractivity contribution in [2.75, 3.05) is 5.43 Å². The summed E-state index contributed by atoms with van der Waals surface area (Å²) in [5.41, 5.74) is 6.15. The van der Waals surface area contributed by atoms with Gasteiger partial charge in [-0.15, -0.1) is 11.3 Å². The van der Waals surface area contributed by atoms with Crippen LogP contribution in [0.15, 0.2) is 90.0 Å². The summed E-state index contributed by atoms with van der Waals surface area (Å²) in [6.45, 7) is 0. The van der Waals surface area contributed by atoms with Crippen molar-refractivity contribution in [3.05, 3.63) is 94.4 Å². The van der Waals surface area contributed by atoms with Gasteiger partial charge in [-0.05, 0) is 36.5 Å². The minimum absolute atomic E-state index is 0.777. The van der Waals surface area contributed by atoms with E-state index >= 15 is 0 Å². The molecule has 0 unspecified atom stereocenters. The number of hydrogen-bond acceptors (Lipinski definition) is 4. The second-order valence-corrected chi connectivity index (χ2v) is 7.13. The molecular formula is C20H15N3S2. The van der Waals surface area contributed by atoms with E-state index in [-0.39, 0.29) is 0 Å². The molecule has 25 heavy (non-hydrogen) atoms. The van der Waals surface area contributed by atoms with E-state index in [9.17, 15) is 0 Å². The summed E-state index contributed by atoms with van der Waals surface area (Å²) in [5.74, 6) is 0.784. The molecule has 4 aromatic rings. The van der Waals surface area contributed by atoms with E-state index in [4.69, 9.17) is 12.2 Å². The smallest absolute Gasteiger partial charge is 0.167 e. The topological polar surface area (TPSA) is 29.3 Å². The van der Waals surface area contributed by atoms with Crippen LogP contribution in [0.4, 0.5) is 5.69 Å². The number of hydrogen-bond donors (Lipinski definition) is 1. The Kier molecular flexibility index (Phi) is 4.41. The van der Waals surface area contributed by atoms with Crippen LogP contribution in [0, 0.1) is 3.95 Å². The summed E-state index contributed by atoms with van der Waals surface area (Å²) < 4.78 is 3.95. The number of anilines is 1. The molecular weight excluding hydrogens is 346 g/mol. The Morgan fingerprint density at radius 3 is 2.24 bits per heavy atom. The van der Waals surface area contributed by atoms with Gasteiger partial charge in [-0.3, -0.25) is 9.99 Å². The Morgan fingerprint density at radius 2 is 1.48 bits per heavy atom. The van der Waals surface area contributed by atoms with Crippen molar-refractivity contribution >= 4 is 45.3 Å². The molecule has 0 aliphatic heterocycles. The fourth-order valence-electron chi connectivity index (χ4n) is 2.63. The number of fused-ring (bicyclic) bond motifs is 1. The van der Waals surface area contributed by atoms with Gasteiger partial charge in [0.25, 0.3) is 0 Å². The van der Waals surface area contributed by atoms with Gasteiger partial charge in [0.05, 0.1) is 15.9 Å². The van der Waals surface area contributed by atoms with E-state index in [1.165, 1.54) is 0 Å². The van der Waals surface area contributed by atoms with Gasteiger partial charge in [-0.2, -0.15) is 5.10 Å². The van der Waals surface area contributed by atoms with Gasteiger partial charge in [0.2, 0.25) is 0 Å². The van der Waals surface area contributed by atoms with Gasteiger partial charge in [-0.25, -0.2) is 0 Å². The van der Waals surface area contributed by atoms with Crippen molar-refractivity contribution in [2.45, 2.75) is 0 Å². The van der Waals surface area contributed by atoms with Gasteiger partial charge in [0, 0.05) is 5.56 Å². The van der Waals surface area contributed by atoms with Crippen molar-refractivity contribution in [1.29, 1.82) is 0 Å². The van der Waals surface area contributed by atoms with E-state index in [2.05, 4.69) is 22.7 Å². The minimum Gasteiger partial charge on any atom is -0.276 e. The number of aromatic nitrogens is 1. The SMILES string of the molecule is S=c1sc2ccccc2n1/C(=N\Nc1ccccc1)c1ccccc1. The van der Waals surface area contributed by atoms with Crippen LogP contribution in [-0.4, -0.2) is 10.4 Å². The van der Waals surface area contributed by atoms with Crippen LogP contribution in [0.2, 0.25) is 0 Å². The number of hydrazone groups is 1. The Morgan fingerprint density at radius 1 is 0.840 bits per heavy atom. The Balaban J connectivity index is 1.88. The molecule has 0 bridgehead atoms. The quantitative estimate of drug-likeness (QED) is 0.218. The summed E-state index contributed by atoms with van der Waals surface area (Å²) in [4.78, 5) is 0. The maximum Gasteiger partial charge on any atom is 0.167 e. The molecule has 3 nitrogen and oxygen atoms in total. The largest absolute Gasteiger partial charge is 0.276 e. The average Bonchev–Trinajstić information content (AvgIpc) is 3.00. The molecule has 1 N–H and O–H groups in total. The Bertz CT molecular complexity index is 1080. The second-order valence-electron chi connectivity index (χ2n) is 5.45. The third-order valence-electron chi connectivity index (χ3n) is 3.79. The zero-order chi connectivity index (χ0) is 17.1. The molecule has 122 valence electrons. The average molecular weight is 361 g/mol. The van der Waals surface area contributed by atoms with Gasteiger partial charge in [0.15, 0.2) is 9.79 Å². The lowest BCUT2D eigenvalue weighted by Crippen LogP contribution is -2.15. The first kappa shape index (κ1) is 15.7. The maximum atomic E-state index is 5.63. The van der Waals surface area contributed by atoms with Gasteiger partial charge < -0.3 is 0 Å². The fourth-order valence-corrected chi connectivity index (χ4v) is 3.96. The molecule has 0 aliphatic rings. The van der Waals surface area contributed by atoms with Gasteiger partial charge >= 0.3 is 0 Å². The van der Waals surface area contributed by atoms with Gasteiger partial charge in [-0.1, -0.05) is 60.7 Å². The summed E-state index contributed by atoms with van der Waals surface area (Å²) in [7, 11) is 0. The molecule has 0 amide bonds. The molecule has 3 aromatic carbocycles. The highest BCUT2D eigenvalue weighted by atomic mass is 32.1. The lowest BCUT2D eigenvalue weighted by Gasteiger charge is -2.10. The number of para-hydroxylation sites is 2. The fraction of sp³-hybridized carbons (Fsp3) is 0. The molecule has 0 radical (unpaired) electrons. The van der Waals surface area contributed by atoms with E-state index in [0.29, 0.717) is 0 Å². The van der Waals surface area contributed by atoms with Crippen molar-refractivity contribution in [1.82, 2.24) is 4.57 Å². The zero-order valence-corrected chi connectivity index (χ0v) is 14.9. The van der Waals surface area contributed by atoms with E-state index in [1.807, 2.05) is 77.4 Å². The molecule has 1 heterocycles. The third kappa shape index (κ3) is 3.24. The molecule has 4 rings (SSSR count). The predicted molar refractivity (Wildman–Crippen MR) is 109 cm³/mol. The highest BCUT2D eigenvalue weighted by molar-refractivity contribution is 7.73. The summed E-state index contributed by atoms with van der Waals surface area (Å²) in [5, 5.41) is 4.69. The molecule has 1 aromatic heterocycles. The number of rotatable bonds is 3. The van der Waals surface area contributed by atoms with Gasteiger partial charge in [0.1, 0.15) is 0 Å². The predicted octanol–water partition coefficient (Wildman–Crippen LogP) is 5.75. The minimum atomic E-state index is 0.777. The van der Waals surface area contributed by atoms with Crippen LogP contribution >= 0.6 is 23.6 Å². The third-order valence-corrected chi connectivity index (χ3v) is 5.15. The molecule has 0 atom stereocenters. The zero-order valence-electron chi connectivity index (χ0n) is 13.3. The number of thiazole rings is 1. The second kappa shape index (κ2) is 7.01. The number of benzene rings is 3. The van der Waals surface area contributed by atoms with Crippen LogP contribution in [0.1, 0.15) is 5.56 Å². The highest BCUT2D eigenvalue weighted by Crippen LogP contribution is 2.24. The molecule has 0 fully saturated rings. The first-order valence-corrected chi connectivity index (χ1v) is 9.10. The first-order valence-electron chi connectivity index (χ1n) is 7.88. The Labute approximate surface area is 154 Å². The Hall–Kier alpha value is -2.76. The summed E-state index contributed by atoms with van der Waals surface area (Å²) in [6, 6.07) is 28.2. The molecule has 0 aliphatic carbocycles. The lowest BCUT2D eigenvalue weighted by atomic mass is 10.2. The monoisotopic (exact) mass is 361 g/mol. The van der Waals surface area contributed by atoms with Crippen molar-refractivity contribution in [2.24, 2.45) is 5.10 Å². The van der Waals surface area contributed by atoms with E-state index in [1.54, 1.807) is 11.3 Å². The van der Waals surface area contributed by atoms with E-state index < -0.39 is 0 Å². The van der Waals surface area contributed by atoms with Crippen LogP contribution in [0.25, 0.3) is 10.2 Å². The van der Waals surface area contributed by atoms with Crippen LogP contribution in [0.5, 0.6) is 0 Å². The normalized spacial score (nSPS) is 11.6. The molecule has 0 spiro atoms. The van der Waals surface area contributed by atoms with Crippen LogP contribution in [0.3, 0.4) is 0 Å². The number of nitrogens with zero attached hydrogens (tertiary/aromatic N) is 2. The van der Waals surface area contributed by atoms with E-state index in [0.717, 1.165) is 31.3 Å².